The van der Waals surface area contributed by atoms with Gasteiger partial charge in [0.1, 0.15) is 11.4 Å². The quantitative estimate of drug-likeness (QED) is 0.788. The third-order valence-corrected chi connectivity index (χ3v) is 4.14. The van der Waals surface area contributed by atoms with E-state index in [1.54, 1.807) is 17.1 Å². The lowest BCUT2D eigenvalue weighted by Gasteiger charge is -2.25. The fraction of sp³-hybridized carbons (Fsp3) is 0.235. The Morgan fingerprint density at radius 2 is 2.26 bits per heavy atom. The first-order chi connectivity index (χ1) is 11.2. The van der Waals surface area contributed by atoms with Crippen molar-refractivity contribution >= 4 is 16.8 Å². The van der Waals surface area contributed by atoms with Crippen molar-refractivity contribution in [3.63, 3.8) is 0 Å². The first kappa shape index (κ1) is 13.8. The maximum atomic E-state index is 12.7. The van der Waals surface area contributed by atoms with Crippen LogP contribution in [0.4, 0.5) is 0 Å². The summed E-state index contributed by atoms with van der Waals surface area (Å²) in [7, 11) is 1.86. The van der Waals surface area contributed by atoms with Gasteiger partial charge in [-0.15, -0.1) is 0 Å². The molecule has 4 rings (SSSR count). The van der Waals surface area contributed by atoms with Gasteiger partial charge in [-0.1, -0.05) is 6.07 Å². The Hall–Kier alpha value is -2.89. The molecule has 0 radical (unpaired) electrons. The van der Waals surface area contributed by atoms with E-state index >= 15 is 0 Å². The Kier molecular flexibility index (Phi) is 3.22. The van der Waals surface area contributed by atoms with E-state index in [4.69, 9.17) is 4.74 Å². The lowest BCUT2D eigenvalue weighted by molar-refractivity contribution is 0.0925. The van der Waals surface area contributed by atoms with Crippen molar-refractivity contribution in [2.24, 2.45) is 7.05 Å². The Morgan fingerprint density at radius 3 is 3.17 bits per heavy atom. The van der Waals surface area contributed by atoms with Crippen LogP contribution in [0, 0.1) is 0 Å². The summed E-state index contributed by atoms with van der Waals surface area (Å²) in [6.07, 6.45) is 4.15. The van der Waals surface area contributed by atoms with Gasteiger partial charge in [0.2, 0.25) is 0 Å². The lowest BCUT2D eigenvalue weighted by atomic mass is 10.0. The second kappa shape index (κ2) is 5.39. The Balaban J connectivity index is 1.66. The summed E-state index contributed by atoms with van der Waals surface area (Å²) in [4.78, 5) is 17.1. The Labute approximate surface area is 133 Å². The van der Waals surface area contributed by atoms with Crippen LogP contribution >= 0.6 is 0 Å². The number of hydrogen-bond donors (Lipinski definition) is 1. The summed E-state index contributed by atoms with van der Waals surface area (Å²) in [6, 6.07) is 9.21. The highest BCUT2D eigenvalue weighted by Crippen LogP contribution is 2.30. The molecule has 3 aromatic rings. The van der Waals surface area contributed by atoms with Crippen molar-refractivity contribution in [2.75, 3.05) is 6.61 Å². The van der Waals surface area contributed by atoms with E-state index in [2.05, 4.69) is 15.4 Å². The number of aryl methyl sites for hydroxylation is 1. The van der Waals surface area contributed by atoms with E-state index in [-0.39, 0.29) is 11.9 Å². The first-order valence-electron chi connectivity index (χ1n) is 7.53. The number of aromatic nitrogens is 3. The van der Waals surface area contributed by atoms with E-state index in [0.29, 0.717) is 18.6 Å². The zero-order valence-electron chi connectivity index (χ0n) is 12.7. The Bertz CT molecular complexity index is 887. The van der Waals surface area contributed by atoms with Crippen LogP contribution in [-0.4, -0.2) is 27.3 Å². The van der Waals surface area contributed by atoms with Crippen LogP contribution in [0.1, 0.15) is 28.5 Å². The molecule has 0 saturated carbocycles. The fourth-order valence-corrected chi connectivity index (χ4v) is 2.96. The molecule has 0 bridgehead atoms. The minimum Gasteiger partial charge on any atom is -0.491 e. The lowest BCUT2D eigenvalue weighted by Crippen LogP contribution is -2.32. The molecule has 0 spiro atoms. The molecule has 1 unspecified atom stereocenters. The van der Waals surface area contributed by atoms with Gasteiger partial charge in [-0.25, -0.2) is 0 Å². The maximum Gasteiger partial charge on any atom is 0.252 e. The summed E-state index contributed by atoms with van der Waals surface area (Å²) >= 11 is 0. The molecule has 3 heterocycles. The van der Waals surface area contributed by atoms with Crippen LogP contribution in [0.3, 0.4) is 0 Å². The van der Waals surface area contributed by atoms with E-state index in [1.807, 2.05) is 37.4 Å². The highest BCUT2D eigenvalue weighted by atomic mass is 16.5. The molecule has 6 heteroatoms. The standard InChI is InChI=1S/C17H16N4O2/c1-21-14-5-2-4-11(12(14)10-19-21)17(22)20-13-7-9-23-15-6-3-8-18-16(13)15/h2-6,8,10,13H,7,9H2,1H3,(H,20,22). The molecular formula is C17H16N4O2. The molecule has 1 aliphatic heterocycles. The van der Waals surface area contributed by atoms with Crippen molar-refractivity contribution in [1.29, 1.82) is 0 Å². The number of pyridine rings is 1. The molecule has 0 saturated heterocycles. The zero-order valence-corrected chi connectivity index (χ0v) is 12.7. The molecule has 1 aliphatic rings. The largest absolute Gasteiger partial charge is 0.491 e. The van der Waals surface area contributed by atoms with E-state index in [0.717, 1.165) is 22.3 Å². The van der Waals surface area contributed by atoms with Crippen LogP contribution in [0.5, 0.6) is 5.75 Å². The predicted octanol–water partition coefficient (Wildman–Crippen LogP) is 2.22. The van der Waals surface area contributed by atoms with Gasteiger partial charge in [-0.05, 0) is 24.3 Å². The fourth-order valence-electron chi connectivity index (χ4n) is 2.96. The monoisotopic (exact) mass is 308 g/mol. The predicted molar refractivity (Wildman–Crippen MR) is 85.3 cm³/mol. The minimum atomic E-state index is -0.139. The van der Waals surface area contributed by atoms with Crippen molar-refractivity contribution in [2.45, 2.75) is 12.5 Å². The van der Waals surface area contributed by atoms with E-state index < -0.39 is 0 Å². The number of hydrogen-bond acceptors (Lipinski definition) is 4. The number of carbonyl (C=O) groups is 1. The second-order valence-corrected chi connectivity index (χ2v) is 5.56. The van der Waals surface area contributed by atoms with Crippen LogP contribution < -0.4 is 10.1 Å². The highest BCUT2D eigenvalue weighted by molar-refractivity contribution is 6.06. The molecule has 23 heavy (non-hydrogen) atoms. The van der Waals surface area contributed by atoms with Crippen LogP contribution in [0.2, 0.25) is 0 Å². The molecule has 1 amide bonds. The summed E-state index contributed by atoms with van der Waals surface area (Å²) in [5, 5.41) is 8.15. The summed E-state index contributed by atoms with van der Waals surface area (Å²) < 4.78 is 7.35. The third kappa shape index (κ3) is 2.32. The summed E-state index contributed by atoms with van der Waals surface area (Å²) in [5.74, 6) is 0.621. The van der Waals surface area contributed by atoms with Crippen molar-refractivity contribution < 1.29 is 9.53 Å². The van der Waals surface area contributed by atoms with Gasteiger partial charge in [0.05, 0.1) is 29.9 Å². The molecule has 1 atom stereocenters. The molecule has 2 aromatic heterocycles. The SMILES string of the molecule is Cn1ncc2c(C(=O)NC3CCOc4cccnc43)cccc21. The molecule has 1 aromatic carbocycles. The summed E-state index contributed by atoms with van der Waals surface area (Å²) in [5.41, 5.74) is 2.34. The van der Waals surface area contributed by atoms with Gasteiger partial charge < -0.3 is 10.1 Å². The molecule has 116 valence electrons. The van der Waals surface area contributed by atoms with Crippen LogP contribution in [0.25, 0.3) is 10.9 Å². The van der Waals surface area contributed by atoms with Crippen LogP contribution in [0.15, 0.2) is 42.7 Å². The van der Waals surface area contributed by atoms with Crippen molar-refractivity contribution in [3.05, 3.63) is 54.0 Å². The average molecular weight is 308 g/mol. The first-order valence-corrected chi connectivity index (χ1v) is 7.53. The van der Waals surface area contributed by atoms with E-state index in [1.165, 1.54) is 0 Å². The van der Waals surface area contributed by atoms with Gasteiger partial charge in [0.15, 0.2) is 0 Å². The van der Waals surface area contributed by atoms with Crippen molar-refractivity contribution in [1.82, 2.24) is 20.1 Å². The molecule has 0 aliphatic carbocycles. The number of fused-ring (bicyclic) bond motifs is 2. The summed E-state index contributed by atoms with van der Waals surface area (Å²) in [6.45, 7) is 0.570. The smallest absolute Gasteiger partial charge is 0.252 e. The van der Waals surface area contributed by atoms with Crippen LogP contribution in [-0.2, 0) is 7.05 Å². The topological polar surface area (TPSA) is 69.0 Å². The number of rotatable bonds is 2. The molecule has 0 fully saturated rings. The average Bonchev–Trinajstić information content (AvgIpc) is 2.96. The zero-order chi connectivity index (χ0) is 15.8. The maximum absolute atomic E-state index is 12.7. The molecule has 6 nitrogen and oxygen atoms in total. The Morgan fingerprint density at radius 1 is 1.35 bits per heavy atom. The number of nitrogens with one attached hydrogen (secondary N) is 1. The molecule has 1 N–H and O–H groups in total. The van der Waals surface area contributed by atoms with Crippen molar-refractivity contribution in [3.8, 4) is 5.75 Å². The number of nitrogens with zero attached hydrogens (tertiary/aromatic N) is 3. The van der Waals surface area contributed by atoms with Gasteiger partial charge in [-0.3, -0.25) is 14.5 Å². The van der Waals surface area contributed by atoms with Gasteiger partial charge in [0, 0.05) is 25.1 Å². The molecular weight excluding hydrogens is 292 g/mol. The van der Waals surface area contributed by atoms with Gasteiger partial charge >= 0.3 is 0 Å². The van der Waals surface area contributed by atoms with Gasteiger partial charge in [-0.2, -0.15) is 5.10 Å². The third-order valence-electron chi connectivity index (χ3n) is 4.14. The number of amides is 1. The highest BCUT2D eigenvalue weighted by Gasteiger charge is 2.25. The second-order valence-electron chi connectivity index (χ2n) is 5.56. The van der Waals surface area contributed by atoms with E-state index in [9.17, 15) is 4.79 Å². The number of ether oxygens (including phenoxy) is 1. The normalized spacial score (nSPS) is 16.7. The number of carbonyl (C=O) groups excluding carboxylic acids is 1. The van der Waals surface area contributed by atoms with Gasteiger partial charge in [0.25, 0.3) is 5.91 Å². The number of benzene rings is 1. The minimum absolute atomic E-state index is 0.118.